The van der Waals surface area contributed by atoms with Crippen LogP contribution in [0.5, 0.6) is 0 Å². The molecule has 0 bridgehead atoms. The Morgan fingerprint density at radius 3 is 2.61 bits per heavy atom. The molecule has 0 fully saturated rings. The zero-order valence-corrected chi connectivity index (χ0v) is 14.7. The van der Waals surface area contributed by atoms with Crippen molar-refractivity contribution in [3.8, 4) is 6.07 Å². The predicted octanol–water partition coefficient (Wildman–Crippen LogP) is 3.01. The molecule has 1 amide bonds. The Bertz CT molecular complexity index is 610. The molecule has 0 radical (unpaired) electrons. The van der Waals surface area contributed by atoms with Crippen LogP contribution < -0.4 is 5.32 Å². The number of ether oxygens (including phenoxy) is 1. The highest BCUT2D eigenvalue weighted by Crippen LogP contribution is 2.23. The number of rotatable bonds is 7. The van der Waals surface area contributed by atoms with Crippen molar-refractivity contribution in [3.63, 3.8) is 0 Å². The molecule has 1 rings (SSSR count). The van der Waals surface area contributed by atoms with E-state index in [1.165, 1.54) is 11.8 Å². The Morgan fingerprint density at radius 1 is 1.39 bits per heavy atom. The topological polar surface area (TPSA) is 79.2 Å². The maximum atomic E-state index is 12.1. The van der Waals surface area contributed by atoms with Gasteiger partial charge in [-0.15, -0.1) is 11.8 Å². The SMILES string of the molecule is CCSc1ccccc1C(=O)OCC(=O)N[C@](C)(C#N)C(C)C. The molecule has 0 aliphatic carbocycles. The lowest BCUT2D eigenvalue weighted by Crippen LogP contribution is -2.50. The molecule has 0 saturated heterocycles. The van der Waals surface area contributed by atoms with Crippen LogP contribution in [0.15, 0.2) is 29.2 Å². The number of carbonyl (C=O) groups excluding carboxylic acids is 2. The van der Waals surface area contributed by atoms with E-state index in [0.29, 0.717) is 5.56 Å². The van der Waals surface area contributed by atoms with E-state index in [1.807, 2.05) is 32.9 Å². The van der Waals surface area contributed by atoms with E-state index < -0.39 is 24.0 Å². The van der Waals surface area contributed by atoms with Crippen molar-refractivity contribution in [3.05, 3.63) is 29.8 Å². The minimum absolute atomic E-state index is 0.0613. The number of amides is 1. The van der Waals surface area contributed by atoms with Crippen molar-refractivity contribution in [2.45, 2.75) is 38.1 Å². The number of carbonyl (C=O) groups is 2. The molecular weight excluding hydrogens is 312 g/mol. The number of thioether (sulfide) groups is 1. The quantitative estimate of drug-likeness (QED) is 0.612. The van der Waals surface area contributed by atoms with Crippen molar-refractivity contribution >= 4 is 23.6 Å². The standard InChI is InChI=1S/C17H22N2O3S/c1-5-23-14-9-7-6-8-13(14)16(21)22-10-15(20)19-17(4,11-18)12(2)3/h6-9,12H,5,10H2,1-4H3,(H,19,20)/t17-/m1/s1. The monoisotopic (exact) mass is 334 g/mol. The summed E-state index contributed by atoms with van der Waals surface area (Å²) in [4.78, 5) is 24.9. The maximum absolute atomic E-state index is 12.1. The van der Waals surface area contributed by atoms with E-state index in [2.05, 4.69) is 11.4 Å². The Hall–Kier alpha value is -2.00. The normalized spacial score (nSPS) is 13.0. The number of nitriles is 1. The predicted molar refractivity (Wildman–Crippen MR) is 90.1 cm³/mol. The molecule has 124 valence electrons. The number of esters is 1. The van der Waals surface area contributed by atoms with Crippen LogP contribution in [0.2, 0.25) is 0 Å². The maximum Gasteiger partial charge on any atom is 0.339 e. The first kappa shape index (κ1) is 19.0. The van der Waals surface area contributed by atoms with Crippen molar-refractivity contribution in [2.75, 3.05) is 12.4 Å². The van der Waals surface area contributed by atoms with Gasteiger partial charge in [0, 0.05) is 4.90 Å². The lowest BCUT2D eigenvalue weighted by molar-refractivity contribution is -0.125. The lowest BCUT2D eigenvalue weighted by atomic mass is 9.90. The molecule has 0 unspecified atom stereocenters. The zero-order chi connectivity index (χ0) is 17.5. The van der Waals surface area contributed by atoms with Gasteiger partial charge in [0.2, 0.25) is 0 Å². The summed E-state index contributed by atoms with van der Waals surface area (Å²) in [5.74, 6) is -0.259. The van der Waals surface area contributed by atoms with Crippen LogP contribution in [0.25, 0.3) is 0 Å². The summed E-state index contributed by atoms with van der Waals surface area (Å²) in [5.41, 5.74) is -0.543. The second kappa shape index (κ2) is 8.59. The highest BCUT2D eigenvalue weighted by Gasteiger charge is 2.30. The summed E-state index contributed by atoms with van der Waals surface area (Å²) in [6.07, 6.45) is 0. The van der Waals surface area contributed by atoms with E-state index in [1.54, 1.807) is 19.1 Å². The van der Waals surface area contributed by atoms with Gasteiger partial charge in [-0.25, -0.2) is 4.79 Å². The summed E-state index contributed by atoms with van der Waals surface area (Å²) in [6, 6.07) is 9.20. The first-order valence-corrected chi connectivity index (χ1v) is 8.43. The van der Waals surface area contributed by atoms with E-state index >= 15 is 0 Å². The van der Waals surface area contributed by atoms with Crippen LogP contribution >= 0.6 is 11.8 Å². The van der Waals surface area contributed by atoms with Gasteiger partial charge in [0.15, 0.2) is 6.61 Å². The molecular formula is C17H22N2O3S. The van der Waals surface area contributed by atoms with Crippen LogP contribution in [0.1, 0.15) is 38.1 Å². The minimum Gasteiger partial charge on any atom is -0.452 e. The van der Waals surface area contributed by atoms with Crippen molar-refractivity contribution in [2.24, 2.45) is 5.92 Å². The molecule has 0 saturated carbocycles. The van der Waals surface area contributed by atoms with E-state index in [0.717, 1.165) is 10.6 Å². The molecule has 1 N–H and O–H groups in total. The van der Waals surface area contributed by atoms with Crippen molar-refractivity contribution in [1.82, 2.24) is 5.32 Å². The second-order valence-corrected chi connectivity index (χ2v) is 6.83. The molecule has 5 nitrogen and oxygen atoms in total. The largest absolute Gasteiger partial charge is 0.452 e. The Balaban J connectivity index is 2.67. The van der Waals surface area contributed by atoms with Gasteiger partial charge in [0.05, 0.1) is 11.6 Å². The third kappa shape index (κ3) is 5.29. The smallest absolute Gasteiger partial charge is 0.339 e. The number of hydrogen-bond acceptors (Lipinski definition) is 5. The second-order valence-electron chi connectivity index (χ2n) is 5.52. The van der Waals surface area contributed by atoms with Crippen molar-refractivity contribution < 1.29 is 14.3 Å². The Morgan fingerprint density at radius 2 is 2.04 bits per heavy atom. The number of nitrogens with zero attached hydrogens (tertiary/aromatic N) is 1. The van der Waals surface area contributed by atoms with Gasteiger partial charge in [-0.1, -0.05) is 32.9 Å². The molecule has 23 heavy (non-hydrogen) atoms. The highest BCUT2D eigenvalue weighted by molar-refractivity contribution is 7.99. The Kier molecular flexibility index (Phi) is 7.11. The van der Waals surface area contributed by atoms with Crippen LogP contribution in [0.4, 0.5) is 0 Å². The van der Waals surface area contributed by atoms with Gasteiger partial charge >= 0.3 is 5.97 Å². The summed E-state index contributed by atoms with van der Waals surface area (Å²) in [5, 5.41) is 11.8. The third-order valence-electron chi connectivity index (χ3n) is 3.53. The fourth-order valence-electron chi connectivity index (χ4n) is 1.75. The zero-order valence-electron chi connectivity index (χ0n) is 13.9. The molecule has 1 atom stereocenters. The van der Waals surface area contributed by atoms with E-state index in [9.17, 15) is 14.9 Å². The molecule has 1 aromatic rings. The lowest BCUT2D eigenvalue weighted by Gasteiger charge is -2.27. The molecule has 0 aromatic heterocycles. The Labute approximate surface area is 141 Å². The fourth-order valence-corrected chi connectivity index (χ4v) is 2.55. The summed E-state index contributed by atoms with van der Waals surface area (Å²) >= 11 is 1.54. The molecule has 0 spiro atoms. The van der Waals surface area contributed by atoms with Gasteiger partial charge in [0.25, 0.3) is 5.91 Å². The molecule has 0 heterocycles. The van der Waals surface area contributed by atoms with Crippen LogP contribution in [0, 0.1) is 17.2 Å². The molecule has 0 aliphatic heterocycles. The number of hydrogen-bond donors (Lipinski definition) is 1. The number of benzene rings is 1. The number of nitrogens with one attached hydrogen (secondary N) is 1. The average Bonchev–Trinajstić information content (AvgIpc) is 2.53. The molecule has 6 heteroatoms. The first-order valence-electron chi connectivity index (χ1n) is 7.45. The third-order valence-corrected chi connectivity index (χ3v) is 4.48. The van der Waals surface area contributed by atoms with Gasteiger partial charge in [-0.3, -0.25) is 4.79 Å². The minimum atomic E-state index is -0.987. The van der Waals surface area contributed by atoms with Crippen LogP contribution in [-0.4, -0.2) is 29.8 Å². The van der Waals surface area contributed by atoms with Crippen LogP contribution in [-0.2, 0) is 9.53 Å². The van der Waals surface area contributed by atoms with Crippen molar-refractivity contribution in [1.29, 1.82) is 5.26 Å². The summed E-state index contributed by atoms with van der Waals surface area (Å²) in [7, 11) is 0. The molecule has 0 aliphatic rings. The molecule has 1 aromatic carbocycles. The van der Waals surface area contributed by atoms with Gasteiger partial charge in [0.1, 0.15) is 5.54 Å². The van der Waals surface area contributed by atoms with E-state index in [4.69, 9.17) is 4.74 Å². The van der Waals surface area contributed by atoms with Crippen LogP contribution in [0.3, 0.4) is 0 Å². The van der Waals surface area contributed by atoms with Gasteiger partial charge < -0.3 is 10.1 Å². The van der Waals surface area contributed by atoms with E-state index in [-0.39, 0.29) is 5.92 Å². The van der Waals surface area contributed by atoms with Gasteiger partial charge in [-0.2, -0.15) is 5.26 Å². The summed E-state index contributed by atoms with van der Waals surface area (Å²) < 4.78 is 5.07. The first-order chi connectivity index (χ1) is 10.8. The fraction of sp³-hybridized carbons (Fsp3) is 0.471. The summed E-state index contributed by atoms with van der Waals surface area (Å²) in [6.45, 7) is 6.91. The highest BCUT2D eigenvalue weighted by atomic mass is 32.2. The van der Waals surface area contributed by atoms with Gasteiger partial charge in [-0.05, 0) is 30.7 Å². The average molecular weight is 334 g/mol.